The Kier molecular flexibility index (Phi) is 2.20. The summed E-state index contributed by atoms with van der Waals surface area (Å²) < 4.78 is 1.98. The van der Waals surface area contributed by atoms with E-state index in [0.717, 1.165) is 24.5 Å². The lowest BCUT2D eigenvalue weighted by Crippen LogP contribution is -2.39. The van der Waals surface area contributed by atoms with Gasteiger partial charge < -0.3 is 4.57 Å². The van der Waals surface area contributed by atoms with Crippen molar-refractivity contribution in [1.82, 2.24) is 20.2 Å². The Hall–Kier alpha value is -1.43. The molecular weight excluding hydrogens is 182 g/mol. The fraction of sp³-hybridized carbons (Fsp3) is 0.625. The number of nitrogens with zero attached hydrogens (tertiary/aromatic N) is 3. The van der Waals surface area contributed by atoms with E-state index in [9.17, 15) is 4.79 Å². The van der Waals surface area contributed by atoms with Crippen LogP contribution in [0.4, 0.5) is 0 Å². The van der Waals surface area contributed by atoms with Crippen molar-refractivity contribution in [1.29, 1.82) is 0 Å². The molecule has 1 aliphatic rings. The van der Waals surface area contributed by atoms with E-state index in [1.165, 1.54) is 0 Å². The van der Waals surface area contributed by atoms with Gasteiger partial charge in [-0.1, -0.05) is 0 Å². The van der Waals surface area contributed by atoms with E-state index >= 15 is 0 Å². The van der Waals surface area contributed by atoms with E-state index in [0.29, 0.717) is 6.54 Å². The Morgan fingerprint density at radius 2 is 2.43 bits per heavy atom. The first-order valence-electron chi connectivity index (χ1n) is 4.61. The van der Waals surface area contributed by atoms with Gasteiger partial charge in [0.25, 0.3) is 0 Å². The molecule has 1 aromatic rings. The monoisotopic (exact) mass is 195 g/mol. The van der Waals surface area contributed by atoms with E-state index in [1.807, 2.05) is 11.5 Å². The van der Waals surface area contributed by atoms with Crippen molar-refractivity contribution in [3.05, 3.63) is 11.6 Å². The number of nitrogens with one attached hydrogen (secondary N) is 1. The topological polar surface area (TPSA) is 85.8 Å². The summed E-state index contributed by atoms with van der Waals surface area (Å²) in [6.45, 7) is 2.52. The molecule has 0 aliphatic carbocycles. The lowest BCUT2D eigenvalue weighted by Gasteiger charge is -2.22. The Bertz CT molecular complexity index is 359. The molecule has 14 heavy (non-hydrogen) atoms. The van der Waals surface area contributed by atoms with Crippen LogP contribution in [0.5, 0.6) is 0 Å². The Morgan fingerprint density at radius 1 is 1.64 bits per heavy atom. The fourth-order valence-electron chi connectivity index (χ4n) is 1.79. The van der Waals surface area contributed by atoms with Crippen molar-refractivity contribution in [2.75, 3.05) is 0 Å². The smallest absolute Gasteiger partial charge is 0.238 e. The molecule has 76 valence electrons. The van der Waals surface area contributed by atoms with Gasteiger partial charge in [0, 0.05) is 13.0 Å². The first-order valence-corrected chi connectivity index (χ1v) is 4.61. The molecule has 1 atom stereocenters. The molecule has 1 aromatic heterocycles. The molecule has 6 nitrogen and oxygen atoms in total. The van der Waals surface area contributed by atoms with Crippen LogP contribution in [-0.2, 0) is 17.8 Å². The number of carbonyl (C=O) groups is 1. The van der Waals surface area contributed by atoms with Crippen molar-refractivity contribution in [3.8, 4) is 0 Å². The maximum absolute atomic E-state index is 11.3. The Labute approximate surface area is 81.5 Å². The van der Waals surface area contributed by atoms with Crippen molar-refractivity contribution >= 4 is 5.91 Å². The first-order chi connectivity index (χ1) is 6.72. The van der Waals surface area contributed by atoms with E-state index < -0.39 is 0 Å². The average Bonchev–Trinajstić information content (AvgIpc) is 2.59. The van der Waals surface area contributed by atoms with Gasteiger partial charge in [-0.05, 0) is 13.3 Å². The maximum Gasteiger partial charge on any atom is 0.238 e. The van der Waals surface area contributed by atoms with Crippen LogP contribution in [-0.4, -0.2) is 20.7 Å². The molecule has 0 radical (unpaired) electrons. The summed E-state index contributed by atoms with van der Waals surface area (Å²) in [4.78, 5) is 11.3. The molecule has 2 rings (SSSR count). The normalized spacial score (nSPS) is 20.3. The Balaban J connectivity index is 2.20. The molecule has 3 N–H and O–H groups in total. The zero-order chi connectivity index (χ0) is 10.1. The van der Waals surface area contributed by atoms with Crippen LogP contribution in [0.1, 0.15) is 18.1 Å². The lowest BCUT2D eigenvalue weighted by atomic mass is 9.99. The predicted molar refractivity (Wildman–Crippen MR) is 48.9 cm³/mol. The number of rotatable bonds is 1. The molecule has 1 unspecified atom stereocenters. The van der Waals surface area contributed by atoms with E-state index in [2.05, 4.69) is 15.6 Å². The van der Waals surface area contributed by atoms with Crippen LogP contribution >= 0.6 is 0 Å². The largest absolute Gasteiger partial charge is 0.314 e. The van der Waals surface area contributed by atoms with Gasteiger partial charge in [0.05, 0.1) is 5.92 Å². The first kappa shape index (κ1) is 9.14. The SMILES string of the molecule is Cc1nnc2n1CC(C(=O)NN)CC2. The molecule has 6 heteroatoms. The molecule has 1 aliphatic heterocycles. The number of nitrogens with two attached hydrogens (primary N) is 1. The Morgan fingerprint density at radius 3 is 3.14 bits per heavy atom. The van der Waals surface area contributed by atoms with Gasteiger partial charge in [-0.2, -0.15) is 0 Å². The minimum atomic E-state index is -0.108. The third-order valence-electron chi connectivity index (χ3n) is 2.64. The number of hydrogen-bond acceptors (Lipinski definition) is 4. The van der Waals surface area contributed by atoms with Gasteiger partial charge in [-0.3, -0.25) is 10.2 Å². The fourth-order valence-corrected chi connectivity index (χ4v) is 1.79. The zero-order valence-electron chi connectivity index (χ0n) is 8.03. The second-order valence-corrected chi connectivity index (χ2v) is 3.52. The molecule has 0 saturated heterocycles. The summed E-state index contributed by atoms with van der Waals surface area (Å²) in [6.07, 6.45) is 1.58. The molecule has 1 amide bonds. The lowest BCUT2D eigenvalue weighted by molar-refractivity contribution is -0.126. The number of amides is 1. The van der Waals surface area contributed by atoms with Crippen molar-refractivity contribution in [2.45, 2.75) is 26.3 Å². The van der Waals surface area contributed by atoms with Gasteiger partial charge in [0.15, 0.2) is 0 Å². The van der Waals surface area contributed by atoms with Crippen LogP contribution < -0.4 is 11.3 Å². The quantitative estimate of drug-likeness (QED) is 0.347. The number of fused-ring (bicyclic) bond motifs is 1. The zero-order valence-corrected chi connectivity index (χ0v) is 8.03. The van der Waals surface area contributed by atoms with Gasteiger partial charge in [0.2, 0.25) is 5.91 Å². The summed E-state index contributed by atoms with van der Waals surface area (Å²) in [6, 6.07) is 0. The molecule has 0 fully saturated rings. The van der Waals surface area contributed by atoms with Crippen LogP contribution in [0.25, 0.3) is 0 Å². The van der Waals surface area contributed by atoms with Gasteiger partial charge in [-0.15, -0.1) is 10.2 Å². The maximum atomic E-state index is 11.3. The average molecular weight is 195 g/mol. The highest BCUT2D eigenvalue weighted by atomic mass is 16.2. The van der Waals surface area contributed by atoms with Gasteiger partial charge in [-0.25, -0.2) is 5.84 Å². The van der Waals surface area contributed by atoms with Crippen LogP contribution in [0, 0.1) is 12.8 Å². The third kappa shape index (κ3) is 1.37. The summed E-state index contributed by atoms with van der Waals surface area (Å²) in [5.74, 6) is 6.75. The minimum Gasteiger partial charge on any atom is -0.314 e. The van der Waals surface area contributed by atoms with E-state index in [4.69, 9.17) is 5.84 Å². The third-order valence-corrected chi connectivity index (χ3v) is 2.64. The van der Waals surface area contributed by atoms with Crippen LogP contribution in [0.3, 0.4) is 0 Å². The van der Waals surface area contributed by atoms with Gasteiger partial charge >= 0.3 is 0 Å². The number of aryl methyl sites for hydroxylation is 2. The number of hydrazine groups is 1. The molecule has 0 spiro atoms. The standard InChI is InChI=1S/C8H13N5O/c1-5-11-12-7-3-2-6(4-13(5)7)8(14)10-9/h6H,2-4,9H2,1H3,(H,10,14). The number of carbonyl (C=O) groups excluding carboxylic acids is 1. The highest BCUT2D eigenvalue weighted by Crippen LogP contribution is 2.19. The molecule has 0 saturated carbocycles. The second-order valence-electron chi connectivity index (χ2n) is 3.52. The molecule has 0 bridgehead atoms. The number of aromatic nitrogens is 3. The number of hydrogen-bond donors (Lipinski definition) is 2. The van der Waals surface area contributed by atoms with Crippen molar-refractivity contribution in [2.24, 2.45) is 11.8 Å². The second kappa shape index (κ2) is 3.38. The van der Waals surface area contributed by atoms with Crippen LogP contribution in [0.15, 0.2) is 0 Å². The predicted octanol–water partition coefficient (Wildman–Crippen LogP) is -0.861. The highest BCUT2D eigenvalue weighted by molar-refractivity contribution is 5.78. The summed E-state index contributed by atoms with van der Waals surface area (Å²) in [7, 11) is 0. The van der Waals surface area contributed by atoms with E-state index in [1.54, 1.807) is 0 Å². The minimum absolute atomic E-state index is 0.0535. The van der Waals surface area contributed by atoms with Crippen molar-refractivity contribution in [3.63, 3.8) is 0 Å². The molecule has 0 aromatic carbocycles. The molecular formula is C8H13N5O. The van der Waals surface area contributed by atoms with Crippen molar-refractivity contribution < 1.29 is 4.79 Å². The summed E-state index contributed by atoms with van der Waals surface area (Å²) in [5, 5.41) is 7.99. The van der Waals surface area contributed by atoms with Crippen LogP contribution in [0.2, 0.25) is 0 Å². The highest BCUT2D eigenvalue weighted by Gasteiger charge is 2.25. The molecule has 2 heterocycles. The van der Waals surface area contributed by atoms with Gasteiger partial charge in [0.1, 0.15) is 11.6 Å². The summed E-state index contributed by atoms with van der Waals surface area (Å²) in [5.41, 5.74) is 2.18. The van der Waals surface area contributed by atoms with E-state index in [-0.39, 0.29) is 11.8 Å². The summed E-state index contributed by atoms with van der Waals surface area (Å²) >= 11 is 0.